The molecule has 8 heteroatoms. The predicted octanol–water partition coefficient (Wildman–Crippen LogP) is 0.387. The van der Waals surface area contributed by atoms with Gasteiger partial charge in [-0.3, -0.25) is 9.69 Å². The van der Waals surface area contributed by atoms with E-state index in [9.17, 15) is 13.2 Å². The average molecular weight is 355 g/mol. The number of hydrogen-bond donors (Lipinski definition) is 1. The largest absolute Gasteiger partial charge is 0.379 e. The van der Waals surface area contributed by atoms with E-state index >= 15 is 0 Å². The zero-order valence-electron chi connectivity index (χ0n) is 14.4. The highest BCUT2D eigenvalue weighted by atomic mass is 32.2. The second-order valence-electron chi connectivity index (χ2n) is 6.09. The highest BCUT2D eigenvalue weighted by Crippen LogP contribution is 2.13. The van der Waals surface area contributed by atoms with Crippen LogP contribution in [-0.2, 0) is 14.8 Å². The van der Waals surface area contributed by atoms with Crippen molar-refractivity contribution in [1.82, 2.24) is 14.5 Å². The second-order valence-corrected chi connectivity index (χ2v) is 7.85. The molecule has 1 heterocycles. The number of carbonyl (C=O) groups is 1. The molecule has 1 aromatic carbocycles. The molecule has 0 aliphatic carbocycles. The number of ether oxygens (including phenoxy) is 1. The molecule has 0 unspecified atom stereocenters. The van der Waals surface area contributed by atoms with E-state index in [1.807, 2.05) is 0 Å². The van der Waals surface area contributed by atoms with Crippen molar-refractivity contribution in [3.05, 3.63) is 29.8 Å². The van der Waals surface area contributed by atoms with Gasteiger partial charge in [0.2, 0.25) is 10.0 Å². The Bertz CT molecular complexity index is 676. The van der Waals surface area contributed by atoms with Gasteiger partial charge in [0, 0.05) is 45.3 Å². The van der Waals surface area contributed by atoms with Crippen molar-refractivity contribution in [2.75, 3.05) is 46.9 Å². The molecule has 1 aliphatic rings. The molecule has 1 N–H and O–H groups in total. The summed E-state index contributed by atoms with van der Waals surface area (Å²) in [7, 11) is -0.379. The molecule has 0 aromatic heterocycles. The highest BCUT2D eigenvalue weighted by molar-refractivity contribution is 7.89. The van der Waals surface area contributed by atoms with Gasteiger partial charge < -0.3 is 9.64 Å². The fraction of sp³-hybridized carbons (Fsp3) is 0.562. The highest BCUT2D eigenvalue weighted by Gasteiger charge is 2.20. The number of carbonyl (C=O) groups excluding carboxylic acids is 1. The van der Waals surface area contributed by atoms with Crippen molar-refractivity contribution in [2.24, 2.45) is 0 Å². The molecule has 1 saturated heterocycles. The van der Waals surface area contributed by atoms with Crippen molar-refractivity contribution in [3.63, 3.8) is 0 Å². The third-order valence-corrected chi connectivity index (χ3v) is 5.45. The third kappa shape index (κ3) is 4.76. The minimum absolute atomic E-state index is 0.102. The molecule has 0 saturated carbocycles. The van der Waals surface area contributed by atoms with E-state index in [-0.39, 0.29) is 16.8 Å². The first-order chi connectivity index (χ1) is 11.3. The molecule has 0 radical (unpaired) electrons. The lowest BCUT2D eigenvalue weighted by molar-refractivity contribution is 0.000989. The van der Waals surface area contributed by atoms with Gasteiger partial charge in [-0.15, -0.1) is 0 Å². The minimum atomic E-state index is -3.64. The molecule has 1 aromatic rings. The van der Waals surface area contributed by atoms with Gasteiger partial charge in [-0.25, -0.2) is 13.1 Å². The molecule has 0 spiro atoms. The van der Waals surface area contributed by atoms with Gasteiger partial charge in [-0.1, -0.05) is 6.07 Å². The minimum Gasteiger partial charge on any atom is -0.379 e. The number of hydrogen-bond acceptors (Lipinski definition) is 5. The second kappa shape index (κ2) is 8.06. The summed E-state index contributed by atoms with van der Waals surface area (Å²) in [6, 6.07) is 6.37. The number of rotatable bonds is 6. The van der Waals surface area contributed by atoms with Gasteiger partial charge in [0.05, 0.1) is 18.1 Å². The average Bonchev–Trinajstić information content (AvgIpc) is 2.56. The van der Waals surface area contributed by atoms with Crippen LogP contribution in [0.5, 0.6) is 0 Å². The molecule has 1 atom stereocenters. The lowest BCUT2D eigenvalue weighted by Crippen LogP contribution is -2.46. The van der Waals surface area contributed by atoms with Gasteiger partial charge in [0.25, 0.3) is 5.91 Å². The van der Waals surface area contributed by atoms with Crippen LogP contribution in [0.15, 0.2) is 29.2 Å². The van der Waals surface area contributed by atoms with E-state index in [4.69, 9.17) is 4.74 Å². The van der Waals surface area contributed by atoms with Crippen molar-refractivity contribution in [3.8, 4) is 0 Å². The van der Waals surface area contributed by atoms with Crippen molar-refractivity contribution in [2.45, 2.75) is 17.9 Å². The van der Waals surface area contributed by atoms with E-state index in [1.54, 1.807) is 26.2 Å². The lowest BCUT2D eigenvalue weighted by atomic mass is 10.2. The molecule has 24 heavy (non-hydrogen) atoms. The summed E-state index contributed by atoms with van der Waals surface area (Å²) in [4.78, 5) is 15.7. The summed E-state index contributed by atoms with van der Waals surface area (Å²) in [6.07, 6.45) is 0. The summed E-state index contributed by atoms with van der Waals surface area (Å²) >= 11 is 0. The molecular formula is C16H25N3O4S. The Morgan fingerprint density at radius 1 is 1.42 bits per heavy atom. The molecule has 1 fully saturated rings. The fourth-order valence-corrected chi connectivity index (χ4v) is 3.62. The Morgan fingerprint density at radius 3 is 2.83 bits per heavy atom. The van der Waals surface area contributed by atoms with Crippen LogP contribution in [0.25, 0.3) is 0 Å². The van der Waals surface area contributed by atoms with E-state index in [0.717, 1.165) is 6.54 Å². The third-order valence-electron chi connectivity index (χ3n) is 3.99. The summed E-state index contributed by atoms with van der Waals surface area (Å²) < 4.78 is 32.8. The van der Waals surface area contributed by atoms with Crippen LogP contribution in [-0.4, -0.2) is 77.1 Å². The number of nitrogens with zero attached hydrogens (tertiary/aromatic N) is 2. The van der Waals surface area contributed by atoms with Gasteiger partial charge >= 0.3 is 0 Å². The van der Waals surface area contributed by atoms with Crippen LogP contribution >= 0.6 is 0 Å². The van der Waals surface area contributed by atoms with Crippen molar-refractivity contribution in [1.29, 1.82) is 0 Å². The van der Waals surface area contributed by atoms with E-state index in [0.29, 0.717) is 31.9 Å². The number of nitrogens with one attached hydrogen (secondary N) is 1. The van der Waals surface area contributed by atoms with Crippen LogP contribution in [0.3, 0.4) is 0 Å². The number of sulfonamides is 1. The molecule has 1 amide bonds. The van der Waals surface area contributed by atoms with Crippen molar-refractivity contribution >= 4 is 15.9 Å². The normalized spacial score (nSPS) is 19.2. The van der Waals surface area contributed by atoms with Gasteiger partial charge in [-0.2, -0.15) is 0 Å². The zero-order chi connectivity index (χ0) is 17.7. The standard InChI is InChI=1S/C16H25N3O4S/c1-13-12-23-10-9-19(13)8-7-17-24(21,22)15-6-4-5-14(11-15)16(20)18(2)3/h4-6,11,13,17H,7-10,12H2,1-3H3/t13-/m0/s1. The molecule has 7 nitrogen and oxygen atoms in total. The maximum absolute atomic E-state index is 12.4. The van der Waals surface area contributed by atoms with Crippen molar-refractivity contribution < 1.29 is 17.9 Å². The summed E-state index contributed by atoms with van der Waals surface area (Å²) in [5.41, 5.74) is 0.352. The van der Waals surface area contributed by atoms with Gasteiger partial charge in [-0.05, 0) is 25.1 Å². The Labute approximate surface area is 143 Å². The Morgan fingerprint density at radius 2 is 2.17 bits per heavy atom. The number of benzene rings is 1. The molecule has 2 rings (SSSR count). The van der Waals surface area contributed by atoms with Crippen LogP contribution in [0.1, 0.15) is 17.3 Å². The molecule has 1 aliphatic heterocycles. The van der Waals surface area contributed by atoms with E-state index in [1.165, 1.54) is 17.0 Å². The Kier molecular flexibility index (Phi) is 6.34. The maximum Gasteiger partial charge on any atom is 0.253 e. The first-order valence-electron chi connectivity index (χ1n) is 7.94. The zero-order valence-corrected chi connectivity index (χ0v) is 15.2. The quantitative estimate of drug-likeness (QED) is 0.798. The topological polar surface area (TPSA) is 79.0 Å². The monoisotopic (exact) mass is 355 g/mol. The van der Waals surface area contributed by atoms with Crippen LogP contribution in [0.4, 0.5) is 0 Å². The Balaban J connectivity index is 1.99. The van der Waals surface area contributed by atoms with E-state index in [2.05, 4.69) is 16.5 Å². The number of morpholine rings is 1. The van der Waals surface area contributed by atoms with Gasteiger partial charge in [0.15, 0.2) is 0 Å². The van der Waals surface area contributed by atoms with Crippen LogP contribution < -0.4 is 4.72 Å². The number of amides is 1. The summed E-state index contributed by atoms with van der Waals surface area (Å²) in [6.45, 7) is 5.14. The molecular weight excluding hydrogens is 330 g/mol. The predicted molar refractivity (Wildman–Crippen MR) is 91.5 cm³/mol. The first-order valence-corrected chi connectivity index (χ1v) is 9.43. The summed E-state index contributed by atoms with van der Waals surface area (Å²) in [5.74, 6) is -0.228. The molecule has 134 valence electrons. The van der Waals surface area contributed by atoms with E-state index < -0.39 is 10.0 Å². The van der Waals surface area contributed by atoms with Crippen LogP contribution in [0.2, 0.25) is 0 Å². The lowest BCUT2D eigenvalue weighted by Gasteiger charge is -2.33. The first kappa shape index (κ1) is 18.9. The fourth-order valence-electron chi connectivity index (χ4n) is 2.56. The summed E-state index contributed by atoms with van der Waals surface area (Å²) in [5, 5.41) is 0. The maximum atomic E-state index is 12.4. The smallest absolute Gasteiger partial charge is 0.253 e. The molecule has 0 bridgehead atoms. The van der Waals surface area contributed by atoms with Crippen LogP contribution in [0, 0.1) is 0 Å². The van der Waals surface area contributed by atoms with Gasteiger partial charge in [0.1, 0.15) is 0 Å². The SMILES string of the molecule is C[C@H]1COCCN1CCNS(=O)(=O)c1cccc(C(=O)N(C)C)c1. The Hall–Kier alpha value is -1.48.